The quantitative estimate of drug-likeness (QED) is 0.683. The standard InChI is InChI=1S/C23H28N2O/c1-14-10-17(5-4-15(2)19-7-9-26-16(19)3)23-20(11-14)22-18-6-8-25(12-18)13-21(22)24-23/h7,9-11,15,18,24H,4-6,8,12-13H2,1-3H3. The SMILES string of the molecule is Cc1cc(CCC(C)c2ccoc2C)c2[nH]c3c(c2c1)C1CCN(C3)C1. The van der Waals surface area contributed by atoms with E-state index in [-0.39, 0.29) is 0 Å². The molecule has 0 saturated carbocycles. The highest BCUT2D eigenvalue weighted by atomic mass is 16.3. The Bertz CT molecular complexity index is 964. The Labute approximate surface area is 155 Å². The molecule has 2 bridgehead atoms. The third-order valence-electron chi connectivity index (χ3n) is 6.59. The van der Waals surface area contributed by atoms with Gasteiger partial charge < -0.3 is 9.40 Å². The van der Waals surface area contributed by atoms with Gasteiger partial charge in [0.1, 0.15) is 5.76 Å². The molecule has 3 aromatic rings. The number of hydrogen-bond donors (Lipinski definition) is 1. The number of H-pyrrole nitrogens is 1. The fraction of sp³-hybridized carbons (Fsp3) is 0.478. The number of aromatic amines is 1. The van der Waals surface area contributed by atoms with E-state index in [1.54, 1.807) is 5.56 Å². The van der Waals surface area contributed by atoms with Crippen LogP contribution in [0, 0.1) is 13.8 Å². The van der Waals surface area contributed by atoms with Gasteiger partial charge in [0.05, 0.1) is 6.26 Å². The molecule has 0 amide bonds. The molecule has 136 valence electrons. The molecule has 5 rings (SSSR count). The Hall–Kier alpha value is -2.00. The lowest BCUT2D eigenvalue weighted by atomic mass is 9.90. The van der Waals surface area contributed by atoms with Crippen molar-refractivity contribution in [2.24, 2.45) is 0 Å². The van der Waals surface area contributed by atoms with E-state index in [0.29, 0.717) is 5.92 Å². The number of aromatic nitrogens is 1. The van der Waals surface area contributed by atoms with E-state index in [9.17, 15) is 0 Å². The number of rotatable bonds is 4. The van der Waals surface area contributed by atoms with E-state index in [1.807, 2.05) is 6.26 Å². The zero-order valence-corrected chi connectivity index (χ0v) is 16.1. The van der Waals surface area contributed by atoms with E-state index in [2.05, 4.69) is 48.9 Å². The smallest absolute Gasteiger partial charge is 0.104 e. The number of fused-ring (bicyclic) bond motifs is 6. The second-order valence-electron chi connectivity index (χ2n) is 8.46. The van der Waals surface area contributed by atoms with Gasteiger partial charge in [-0.2, -0.15) is 0 Å². The molecule has 4 heterocycles. The summed E-state index contributed by atoms with van der Waals surface area (Å²) >= 11 is 0. The highest BCUT2D eigenvalue weighted by Gasteiger charge is 2.34. The van der Waals surface area contributed by atoms with Crippen molar-refractivity contribution in [2.45, 2.75) is 58.4 Å². The largest absolute Gasteiger partial charge is 0.469 e. The van der Waals surface area contributed by atoms with Crippen molar-refractivity contribution >= 4 is 10.9 Å². The van der Waals surface area contributed by atoms with Crippen LogP contribution in [0.15, 0.2) is 28.9 Å². The van der Waals surface area contributed by atoms with Gasteiger partial charge in [0.2, 0.25) is 0 Å². The molecule has 1 saturated heterocycles. The van der Waals surface area contributed by atoms with Crippen molar-refractivity contribution in [2.75, 3.05) is 13.1 Å². The molecule has 2 aliphatic rings. The third kappa shape index (κ3) is 2.52. The van der Waals surface area contributed by atoms with Crippen molar-refractivity contribution in [1.29, 1.82) is 0 Å². The van der Waals surface area contributed by atoms with E-state index in [0.717, 1.165) is 31.1 Å². The number of nitrogens with one attached hydrogen (secondary N) is 1. The number of benzene rings is 1. The zero-order chi connectivity index (χ0) is 17.8. The van der Waals surface area contributed by atoms with Crippen LogP contribution in [0.4, 0.5) is 0 Å². The van der Waals surface area contributed by atoms with Gasteiger partial charge in [0.25, 0.3) is 0 Å². The minimum Gasteiger partial charge on any atom is -0.469 e. The Morgan fingerprint density at radius 2 is 2.19 bits per heavy atom. The average molecular weight is 348 g/mol. The van der Waals surface area contributed by atoms with Crippen molar-refractivity contribution in [3.8, 4) is 0 Å². The summed E-state index contributed by atoms with van der Waals surface area (Å²) in [5.74, 6) is 2.32. The second-order valence-corrected chi connectivity index (χ2v) is 8.46. The maximum absolute atomic E-state index is 5.50. The van der Waals surface area contributed by atoms with Gasteiger partial charge in [0.15, 0.2) is 0 Å². The van der Waals surface area contributed by atoms with E-state index in [1.165, 1.54) is 52.8 Å². The first-order chi connectivity index (χ1) is 12.6. The summed E-state index contributed by atoms with van der Waals surface area (Å²) in [5, 5.41) is 1.49. The van der Waals surface area contributed by atoms with Crippen LogP contribution >= 0.6 is 0 Å². The van der Waals surface area contributed by atoms with Gasteiger partial charge in [-0.3, -0.25) is 4.90 Å². The molecule has 1 fully saturated rings. The Kier molecular flexibility index (Phi) is 3.75. The van der Waals surface area contributed by atoms with Gasteiger partial charge in [0, 0.05) is 35.6 Å². The van der Waals surface area contributed by atoms with Crippen LogP contribution in [-0.4, -0.2) is 23.0 Å². The maximum atomic E-state index is 5.50. The van der Waals surface area contributed by atoms with E-state index in [4.69, 9.17) is 4.42 Å². The number of nitrogens with zero attached hydrogens (tertiary/aromatic N) is 1. The second kappa shape index (κ2) is 6.02. The maximum Gasteiger partial charge on any atom is 0.104 e. The molecule has 1 aromatic carbocycles. The summed E-state index contributed by atoms with van der Waals surface area (Å²) in [6.45, 7) is 10.2. The minimum absolute atomic E-state index is 0.524. The number of hydrogen-bond acceptors (Lipinski definition) is 2. The summed E-state index contributed by atoms with van der Waals surface area (Å²) in [4.78, 5) is 6.42. The molecule has 26 heavy (non-hydrogen) atoms. The average Bonchev–Trinajstić information content (AvgIpc) is 3.30. The topological polar surface area (TPSA) is 32.2 Å². The van der Waals surface area contributed by atoms with Crippen molar-refractivity contribution in [1.82, 2.24) is 9.88 Å². The van der Waals surface area contributed by atoms with Crippen LogP contribution < -0.4 is 0 Å². The molecule has 0 radical (unpaired) electrons. The number of furan rings is 1. The molecule has 3 nitrogen and oxygen atoms in total. The van der Waals surface area contributed by atoms with Crippen LogP contribution in [0.3, 0.4) is 0 Å². The molecular formula is C23H28N2O. The third-order valence-corrected chi connectivity index (χ3v) is 6.59. The lowest BCUT2D eigenvalue weighted by Gasteiger charge is -2.22. The summed E-state index contributed by atoms with van der Waals surface area (Å²) in [6.07, 6.45) is 5.39. The molecule has 3 unspecified atom stereocenters. The fourth-order valence-corrected chi connectivity index (χ4v) is 5.26. The van der Waals surface area contributed by atoms with Crippen LogP contribution in [0.1, 0.15) is 65.3 Å². The molecule has 2 aliphatic heterocycles. The van der Waals surface area contributed by atoms with E-state index < -0.39 is 0 Å². The molecular weight excluding hydrogens is 320 g/mol. The molecule has 3 heteroatoms. The van der Waals surface area contributed by atoms with Gasteiger partial charge in [-0.25, -0.2) is 0 Å². The van der Waals surface area contributed by atoms with Gasteiger partial charge in [-0.1, -0.05) is 18.6 Å². The predicted molar refractivity (Wildman–Crippen MR) is 106 cm³/mol. The monoisotopic (exact) mass is 348 g/mol. The summed E-state index contributed by atoms with van der Waals surface area (Å²) in [5.41, 5.74) is 8.71. The first kappa shape index (κ1) is 16.2. The fourth-order valence-electron chi connectivity index (χ4n) is 5.26. The molecule has 0 aliphatic carbocycles. The van der Waals surface area contributed by atoms with E-state index >= 15 is 0 Å². The highest BCUT2D eigenvalue weighted by Crippen LogP contribution is 2.41. The molecule has 1 N–H and O–H groups in total. The van der Waals surface area contributed by atoms with Crippen molar-refractivity contribution in [3.63, 3.8) is 0 Å². The van der Waals surface area contributed by atoms with Crippen LogP contribution in [0.2, 0.25) is 0 Å². The first-order valence-corrected chi connectivity index (χ1v) is 10.0. The predicted octanol–water partition coefficient (Wildman–Crippen LogP) is 5.42. The van der Waals surface area contributed by atoms with Gasteiger partial charge in [-0.15, -0.1) is 0 Å². The molecule has 2 aromatic heterocycles. The first-order valence-electron chi connectivity index (χ1n) is 10.0. The number of aryl methyl sites for hydroxylation is 3. The lowest BCUT2D eigenvalue weighted by Crippen LogP contribution is -2.24. The minimum atomic E-state index is 0.524. The summed E-state index contributed by atoms with van der Waals surface area (Å²) in [6, 6.07) is 6.92. The lowest BCUT2D eigenvalue weighted by molar-refractivity contribution is 0.310. The summed E-state index contributed by atoms with van der Waals surface area (Å²) < 4.78 is 5.50. The Morgan fingerprint density at radius 3 is 3.00 bits per heavy atom. The Morgan fingerprint density at radius 1 is 1.31 bits per heavy atom. The van der Waals surface area contributed by atoms with Gasteiger partial charge >= 0.3 is 0 Å². The van der Waals surface area contributed by atoms with Crippen molar-refractivity contribution in [3.05, 3.63) is 58.2 Å². The summed E-state index contributed by atoms with van der Waals surface area (Å²) in [7, 11) is 0. The Balaban J connectivity index is 1.48. The van der Waals surface area contributed by atoms with Gasteiger partial charge in [-0.05, 0) is 74.4 Å². The van der Waals surface area contributed by atoms with Crippen LogP contribution in [-0.2, 0) is 13.0 Å². The van der Waals surface area contributed by atoms with Crippen molar-refractivity contribution < 1.29 is 4.42 Å². The zero-order valence-electron chi connectivity index (χ0n) is 16.1. The van der Waals surface area contributed by atoms with Crippen LogP contribution in [0.5, 0.6) is 0 Å². The normalized spacial score (nSPS) is 22.7. The molecule has 0 spiro atoms. The molecule has 3 atom stereocenters. The van der Waals surface area contributed by atoms with Crippen LogP contribution in [0.25, 0.3) is 10.9 Å². The highest BCUT2D eigenvalue weighted by molar-refractivity contribution is 5.89.